The highest BCUT2D eigenvalue weighted by Crippen LogP contribution is 2.37. The second-order valence-electron chi connectivity index (χ2n) is 5.22. The molecule has 0 bridgehead atoms. The number of hydrogen-bond donors (Lipinski definition) is 1. The Labute approximate surface area is 115 Å². The molecular weight excluding hydrogens is 329 g/mol. The smallest absolute Gasteiger partial charge is 0.352 e. The summed E-state index contributed by atoms with van der Waals surface area (Å²) in [5.74, 6) is 0.503. The van der Waals surface area contributed by atoms with Crippen molar-refractivity contribution in [2.24, 2.45) is 11.8 Å². The maximum absolute atomic E-state index is 11.2. The van der Waals surface area contributed by atoms with Gasteiger partial charge in [-0.25, -0.2) is 4.79 Å². The molecule has 94 valence electrons. The van der Waals surface area contributed by atoms with Crippen LogP contribution in [0.1, 0.15) is 49.6 Å². The molecule has 1 saturated carbocycles. The van der Waals surface area contributed by atoms with Crippen LogP contribution >= 0.6 is 22.6 Å². The molecule has 1 aromatic heterocycles. The Morgan fingerprint density at radius 3 is 2.76 bits per heavy atom. The van der Waals surface area contributed by atoms with E-state index < -0.39 is 5.97 Å². The van der Waals surface area contributed by atoms with Crippen LogP contribution in [0.3, 0.4) is 0 Å². The Morgan fingerprint density at radius 1 is 1.47 bits per heavy atom. The number of hydrogen-bond acceptors (Lipinski definition) is 1. The fourth-order valence-corrected chi connectivity index (χ4v) is 3.55. The lowest BCUT2D eigenvalue weighted by molar-refractivity contribution is 0.0676. The summed E-state index contributed by atoms with van der Waals surface area (Å²) in [5, 5.41) is 9.22. The largest absolute Gasteiger partial charge is 0.477 e. The molecule has 1 fully saturated rings. The summed E-state index contributed by atoms with van der Waals surface area (Å²) in [4.78, 5) is 11.2. The van der Waals surface area contributed by atoms with Gasteiger partial charge < -0.3 is 9.67 Å². The molecule has 0 saturated heterocycles. The molecule has 17 heavy (non-hydrogen) atoms. The number of halogens is 1. The van der Waals surface area contributed by atoms with Gasteiger partial charge in [0.1, 0.15) is 5.69 Å². The maximum atomic E-state index is 11.2. The van der Waals surface area contributed by atoms with Crippen LogP contribution in [-0.2, 0) is 0 Å². The fourth-order valence-electron chi connectivity index (χ4n) is 2.95. The lowest BCUT2D eigenvalue weighted by Gasteiger charge is -2.34. The number of nitrogens with zero attached hydrogens (tertiary/aromatic N) is 1. The van der Waals surface area contributed by atoms with E-state index in [1.54, 1.807) is 6.07 Å². The molecule has 1 aliphatic carbocycles. The predicted octanol–water partition coefficient (Wildman–Crippen LogP) is 3.79. The third-order valence-corrected chi connectivity index (χ3v) is 4.37. The van der Waals surface area contributed by atoms with Crippen LogP contribution in [0.4, 0.5) is 0 Å². The van der Waals surface area contributed by atoms with Gasteiger partial charge in [0.25, 0.3) is 0 Å². The molecule has 4 heteroatoms. The Bertz CT molecular complexity index is 427. The predicted molar refractivity (Wildman–Crippen MR) is 75.3 cm³/mol. The van der Waals surface area contributed by atoms with Gasteiger partial charge in [0, 0.05) is 15.8 Å². The van der Waals surface area contributed by atoms with Crippen LogP contribution in [0.5, 0.6) is 0 Å². The van der Waals surface area contributed by atoms with Gasteiger partial charge in [-0.15, -0.1) is 0 Å². The summed E-state index contributed by atoms with van der Waals surface area (Å²) in [6.45, 7) is 4.52. The third-order valence-electron chi connectivity index (χ3n) is 3.78. The highest BCUT2D eigenvalue weighted by molar-refractivity contribution is 14.1. The highest BCUT2D eigenvalue weighted by Gasteiger charge is 2.29. The first-order valence-electron chi connectivity index (χ1n) is 6.09. The Balaban J connectivity index is 2.30. The van der Waals surface area contributed by atoms with Crippen molar-refractivity contribution >= 4 is 28.6 Å². The van der Waals surface area contributed by atoms with E-state index in [4.69, 9.17) is 0 Å². The van der Waals surface area contributed by atoms with Crippen molar-refractivity contribution in [1.82, 2.24) is 4.57 Å². The van der Waals surface area contributed by atoms with E-state index in [0.717, 1.165) is 15.9 Å². The number of aromatic carboxylic acids is 1. The molecule has 1 heterocycles. The Morgan fingerprint density at radius 2 is 2.18 bits per heavy atom. The van der Waals surface area contributed by atoms with E-state index in [9.17, 15) is 9.90 Å². The fraction of sp³-hybridized carbons (Fsp3) is 0.615. The third kappa shape index (κ3) is 2.67. The minimum Gasteiger partial charge on any atom is -0.477 e. The number of aromatic nitrogens is 1. The van der Waals surface area contributed by atoms with Gasteiger partial charge >= 0.3 is 5.97 Å². The second kappa shape index (κ2) is 5.00. The number of carbonyl (C=O) groups is 1. The molecule has 0 aliphatic heterocycles. The summed E-state index contributed by atoms with van der Waals surface area (Å²) >= 11 is 2.18. The molecule has 0 spiro atoms. The minimum absolute atomic E-state index is 0.348. The first-order chi connectivity index (χ1) is 7.99. The molecule has 1 aromatic rings. The van der Waals surface area contributed by atoms with Gasteiger partial charge in [-0.05, 0) is 59.8 Å². The van der Waals surface area contributed by atoms with Crippen LogP contribution in [0.15, 0.2) is 12.3 Å². The van der Waals surface area contributed by atoms with Crippen LogP contribution in [0, 0.1) is 15.4 Å². The molecule has 2 rings (SSSR count). The van der Waals surface area contributed by atoms with E-state index in [1.807, 2.05) is 10.8 Å². The zero-order valence-corrected chi connectivity index (χ0v) is 12.3. The van der Waals surface area contributed by atoms with Crippen LogP contribution < -0.4 is 0 Å². The van der Waals surface area contributed by atoms with Crippen molar-refractivity contribution in [3.05, 3.63) is 21.5 Å². The average molecular weight is 347 g/mol. The minimum atomic E-state index is -0.821. The van der Waals surface area contributed by atoms with Crippen molar-refractivity contribution in [2.75, 3.05) is 0 Å². The van der Waals surface area contributed by atoms with E-state index in [1.165, 1.54) is 12.8 Å². The van der Waals surface area contributed by atoms with Crippen molar-refractivity contribution < 1.29 is 9.90 Å². The summed E-state index contributed by atoms with van der Waals surface area (Å²) in [6, 6.07) is 2.11. The Hall–Kier alpha value is -0.520. The quantitative estimate of drug-likeness (QED) is 0.828. The Kier molecular flexibility index (Phi) is 3.80. The lowest BCUT2D eigenvalue weighted by atomic mass is 9.79. The molecule has 0 amide bonds. The average Bonchev–Trinajstić information content (AvgIpc) is 2.60. The second-order valence-corrected chi connectivity index (χ2v) is 6.46. The summed E-state index contributed by atoms with van der Waals surface area (Å²) in [7, 11) is 0. The van der Waals surface area contributed by atoms with Gasteiger partial charge in [0.15, 0.2) is 0 Å². The van der Waals surface area contributed by atoms with E-state index in [2.05, 4.69) is 36.4 Å². The molecule has 3 atom stereocenters. The topological polar surface area (TPSA) is 42.2 Å². The highest BCUT2D eigenvalue weighted by atomic mass is 127. The van der Waals surface area contributed by atoms with Crippen LogP contribution in [0.2, 0.25) is 0 Å². The summed E-state index contributed by atoms with van der Waals surface area (Å²) in [6.07, 6.45) is 5.45. The molecule has 3 nitrogen and oxygen atoms in total. The summed E-state index contributed by atoms with van der Waals surface area (Å²) < 4.78 is 2.98. The lowest BCUT2D eigenvalue weighted by Crippen LogP contribution is -2.26. The van der Waals surface area contributed by atoms with Crippen molar-refractivity contribution in [2.45, 2.75) is 39.2 Å². The molecule has 0 aromatic carbocycles. The first kappa shape index (κ1) is 12.9. The first-order valence-corrected chi connectivity index (χ1v) is 7.17. The molecular formula is C13H18INO2. The zero-order valence-electron chi connectivity index (χ0n) is 10.2. The number of carboxylic acids is 1. The molecule has 3 unspecified atom stereocenters. The van der Waals surface area contributed by atoms with Crippen LogP contribution in [0.25, 0.3) is 0 Å². The van der Waals surface area contributed by atoms with E-state index >= 15 is 0 Å². The maximum Gasteiger partial charge on any atom is 0.352 e. The van der Waals surface area contributed by atoms with Gasteiger partial charge in [0.2, 0.25) is 0 Å². The van der Waals surface area contributed by atoms with Gasteiger partial charge in [0.05, 0.1) is 0 Å². The monoisotopic (exact) mass is 347 g/mol. The normalized spacial score (nSPS) is 29.2. The molecule has 1 N–H and O–H groups in total. The van der Waals surface area contributed by atoms with Gasteiger partial charge in [-0.3, -0.25) is 0 Å². The van der Waals surface area contributed by atoms with Crippen LogP contribution in [-0.4, -0.2) is 15.6 Å². The number of carboxylic acid groups (broad SMARTS) is 1. The standard InChI is InChI=1S/C13H18INO2/c1-8-3-4-11(9(2)5-8)15-7-10(14)6-12(15)13(16)17/h6-9,11H,3-5H2,1-2H3,(H,16,17). The van der Waals surface area contributed by atoms with Crippen molar-refractivity contribution in [3.8, 4) is 0 Å². The van der Waals surface area contributed by atoms with Gasteiger partial charge in [-0.2, -0.15) is 0 Å². The van der Waals surface area contributed by atoms with E-state index in [-0.39, 0.29) is 0 Å². The van der Waals surface area contributed by atoms with E-state index in [0.29, 0.717) is 17.7 Å². The van der Waals surface area contributed by atoms with Crippen molar-refractivity contribution in [3.63, 3.8) is 0 Å². The number of rotatable bonds is 2. The van der Waals surface area contributed by atoms with Gasteiger partial charge in [-0.1, -0.05) is 13.8 Å². The SMILES string of the molecule is CC1CCC(n2cc(I)cc2C(=O)O)C(C)C1. The zero-order chi connectivity index (χ0) is 12.6. The summed E-state index contributed by atoms with van der Waals surface area (Å²) in [5.41, 5.74) is 0.431. The van der Waals surface area contributed by atoms with Crippen molar-refractivity contribution in [1.29, 1.82) is 0 Å². The molecule has 1 aliphatic rings. The molecule has 0 radical (unpaired) electrons.